The van der Waals surface area contributed by atoms with Gasteiger partial charge in [-0.15, -0.1) is 18.3 Å². The van der Waals surface area contributed by atoms with Crippen LogP contribution in [0.1, 0.15) is 25.7 Å². The first-order chi connectivity index (χ1) is 15.1. The molecule has 1 fully saturated rings. The number of alkyl halides is 3. The van der Waals surface area contributed by atoms with Crippen molar-refractivity contribution < 1.29 is 26.3 Å². The lowest BCUT2D eigenvalue weighted by atomic mass is 9.87. The number of anilines is 1. The van der Waals surface area contributed by atoms with Gasteiger partial charge >= 0.3 is 6.36 Å². The van der Waals surface area contributed by atoms with Crippen LogP contribution in [0.4, 0.5) is 19.0 Å². The monoisotopic (exact) mass is 468 g/mol. The Kier molecular flexibility index (Phi) is 6.02. The van der Waals surface area contributed by atoms with Crippen LogP contribution in [0.3, 0.4) is 0 Å². The molecule has 0 atom stereocenters. The molecule has 1 aliphatic carbocycles. The summed E-state index contributed by atoms with van der Waals surface area (Å²) in [6.45, 7) is 0. The number of sulfone groups is 1. The second-order valence-corrected chi connectivity index (χ2v) is 10.3. The molecule has 32 heavy (non-hydrogen) atoms. The molecule has 1 N–H and O–H groups in total. The Labute approximate surface area is 183 Å². The Hall–Kier alpha value is -2.82. The maximum absolute atomic E-state index is 12.6. The van der Waals surface area contributed by atoms with Crippen molar-refractivity contribution in [1.29, 1.82) is 0 Å². The molecule has 172 valence electrons. The molecule has 1 saturated carbocycles. The van der Waals surface area contributed by atoms with Crippen LogP contribution < -0.4 is 10.1 Å². The number of aromatic nitrogens is 3. The molecular weight excluding hydrogens is 445 g/mol. The van der Waals surface area contributed by atoms with E-state index >= 15 is 0 Å². The number of nitrogens with one attached hydrogen (secondary N) is 1. The van der Waals surface area contributed by atoms with Crippen LogP contribution in [0.2, 0.25) is 0 Å². The van der Waals surface area contributed by atoms with Gasteiger partial charge in [-0.1, -0.05) is 12.1 Å². The molecule has 0 aliphatic heterocycles. The molecule has 0 bridgehead atoms. The number of hydrogen-bond donors (Lipinski definition) is 1. The highest BCUT2D eigenvalue weighted by Gasteiger charge is 2.31. The van der Waals surface area contributed by atoms with Gasteiger partial charge in [0, 0.05) is 17.9 Å². The first kappa shape index (κ1) is 22.4. The van der Waals surface area contributed by atoms with Crippen LogP contribution in [-0.2, 0) is 9.84 Å². The van der Waals surface area contributed by atoms with Gasteiger partial charge in [0.1, 0.15) is 21.4 Å². The summed E-state index contributed by atoms with van der Waals surface area (Å²) in [5, 5.41) is 7.96. The van der Waals surface area contributed by atoms with Gasteiger partial charge in [-0.3, -0.25) is 0 Å². The lowest BCUT2D eigenvalue weighted by molar-refractivity contribution is -0.274. The fourth-order valence-corrected chi connectivity index (χ4v) is 5.30. The zero-order valence-corrected chi connectivity index (χ0v) is 18.2. The molecule has 11 heteroatoms. The van der Waals surface area contributed by atoms with Crippen molar-refractivity contribution in [3.05, 3.63) is 42.6 Å². The van der Waals surface area contributed by atoms with Crippen LogP contribution in [0.5, 0.6) is 5.75 Å². The molecule has 2 heterocycles. The highest BCUT2D eigenvalue weighted by Crippen LogP contribution is 2.30. The van der Waals surface area contributed by atoms with Crippen molar-refractivity contribution in [3.8, 4) is 17.0 Å². The molecular formula is C21H23F3N4O3S. The molecule has 1 aromatic carbocycles. The van der Waals surface area contributed by atoms with E-state index in [1.54, 1.807) is 28.9 Å². The van der Waals surface area contributed by atoms with Gasteiger partial charge in [0.2, 0.25) is 0 Å². The maximum Gasteiger partial charge on any atom is 0.573 e. The minimum absolute atomic E-state index is 0.172. The third-order valence-electron chi connectivity index (χ3n) is 5.46. The third kappa shape index (κ3) is 5.70. The van der Waals surface area contributed by atoms with Crippen molar-refractivity contribution in [2.75, 3.05) is 17.3 Å². The standard InChI is InChI=1S/C21H23F3N4O3S/c1-32(29,30)13-14-5-7-16(8-6-14)26-19-9-10-20-25-12-18(28(20)27-19)15-3-2-4-17(11-15)31-21(22,23)24/h2-4,9-12,14,16H,5-8,13H2,1H3,(H,26,27). The highest BCUT2D eigenvalue weighted by atomic mass is 32.2. The Morgan fingerprint density at radius 2 is 1.91 bits per heavy atom. The number of rotatable bonds is 6. The van der Waals surface area contributed by atoms with Crippen LogP contribution in [0.25, 0.3) is 16.9 Å². The van der Waals surface area contributed by atoms with Gasteiger partial charge in [0.25, 0.3) is 0 Å². The first-order valence-electron chi connectivity index (χ1n) is 10.2. The topological polar surface area (TPSA) is 85.6 Å². The third-order valence-corrected chi connectivity index (χ3v) is 6.54. The zero-order valence-electron chi connectivity index (χ0n) is 17.3. The van der Waals surface area contributed by atoms with Gasteiger partial charge in [0.15, 0.2) is 5.65 Å². The van der Waals surface area contributed by atoms with Crippen molar-refractivity contribution >= 4 is 21.3 Å². The maximum atomic E-state index is 12.6. The fourth-order valence-electron chi connectivity index (χ4n) is 4.11. The Morgan fingerprint density at radius 1 is 1.16 bits per heavy atom. The number of nitrogens with zero attached hydrogens (tertiary/aromatic N) is 3. The second kappa shape index (κ2) is 8.61. The average molecular weight is 469 g/mol. The van der Waals surface area contributed by atoms with Crippen LogP contribution in [0.15, 0.2) is 42.6 Å². The van der Waals surface area contributed by atoms with Crippen molar-refractivity contribution in [2.24, 2.45) is 5.92 Å². The largest absolute Gasteiger partial charge is 0.573 e. The number of benzene rings is 1. The number of hydrogen-bond acceptors (Lipinski definition) is 6. The van der Waals surface area contributed by atoms with Crippen LogP contribution in [0, 0.1) is 5.92 Å². The molecule has 0 spiro atoms. The van der Waals surface area contributed by atoms with Crippen molar-refractivity contribution in [3.63, 3.8) is 0 Å². The van der Waals surface area contributed by atoms with E-state index in [4.69, 9.17) is 0 Å². The normalized spacial score (nSPS) is 19.8. The van der Waals surface area contributed by atoms with E-state index in [0.29, 0.717) is 22.7 Å². The summed E-state index contributed by atoms with van der Waals surface area (Å²) in [6, 6.07) is 9.43. The van der Waals surface area contributed by atoms with Crippen molar-refractivity contribution in [1.82, 2.24) is 14.6 Å². The smallest absolute Gasteiger partial charge is 0.406 e. The molecule has 0 unspecified atom stereocenters. The summed E-state index contributed by atoms with van der Waals surface area (Å²) in [4.78, 5) is 4.28. The average Bonchev–Trinajstić information content (AvgIpc) is 3.10. The van der Waals surface area contributed by atoms with Crippen LogP contribution >= 0.6 is 0 Å². The highest BCUT2D eigenvalue weighted by molar-refractivity contribution is 7.90. The number of imidazole rings is 1. The van der Waals surface area contributed by atoms with Gasteiger partial charge in [-0.2, -0.15) is 0 Å². The number of halogens is 3. The Balaban J connectivity index is 1.50. The molecule has 0 saturated heterocycles. The predicted molar refractivity (Wildman–Crippen MR) is 114 cm³/mol. The minimum Gasteiger partial charge on any atom is -0.406 e. The van der Waals surface area contributed by atoms with E-state index in [0.717, 1.165) is 25.7 Å². The molecule has 2 aromatic heterocycles. The molecule has 7 nitrogen and oxygen atoms in total. The van der Waals surface area contributed by atoms with Gasteiger partial charge in [-0.05, 0) is 55.9 Å². The summed E-state index contributed by atoms with van der Waals surface area (Å²) in [5.74, 6) is 0.709. The van der Waals surface area contributed by atoms with Gasteiger partial charge in [-0.25, -0.2) is 17.9 Å². The van der Waals surface area contributed by atoms with Crippen molar-refractivity contribution in [2.45, 2.75) is 38.1 Å². The SMILES string of the molecule is CS(=O)(=O)CC1CCC(Nc2ccc3ncc(-c4cccc(OC(F)(F)F)c4)n3n2)CC1. The van der Waals surface area contributed by atoms with E-state index in [9.17, 15) is 21.6 Å². The van der Waals surface area contributed by atoms with Crippen LogP contribution in [-0.4, -0.2) is 47.4 Å². The summed E-state index contributed by atoms with van der Waals surface area (Å²) in [6.07, 6.45) is 1.39. The molecule has 0 amide bonds. The first-order valence-corrected chi connectivity index (χ1v) is 12.3. The quantitative estimate of drug-likeness (QED) is 0.580. The molecule has 3 aromatic rings. The van der Waals surface area contributed by atoms with Gasteiger partial charge in [0.05, 0.1) is 17.6 Å². The van der Waals surface area contributed by atoms with E-state index in [1.807, 2.05) is 0 Å². The minimum atomic E-state index is -4.77. The van der Waals surface area contributed by atoms with E-state index in [1.165, 1.54) is 24.5 Å². The number of ether oxygens (including phenoxy) is 1. The molecule has 4 rings (SSSR count). The van der Waals surface area contributed by atoms with E-state index in [-0.39, 0.29) is 23.5 Å². The number of fused-ring (bicyclic) bond motifs is 1. The zero-order chi connectivity index (χ0) is 22.9. The summed E-state index contributed by atoms with van der Waals surface area (Å²) < 4.78 is 66.3. The summed E-state index contributed by atoms with van der Waals surface area (Å²) in [5.41, 5.74) is 1.59. The molecule has 1 aliphatic rings. The molecule has 0 radical (unpaired) electrons. The van der Waals surface area contributed by atoms with E-state index in [2.05, 4.69) is 20.1 Å². The lowest BCUT2D eigenvalue weighted by Crippen LogP contribution is -2.29. The second-order valence-electron chi connectivity index (χ2n) is 8.16. The van der Waals surface area contributed by atoms with E-state index < -0.39 is 16.2 Å². The summed E-state index contributed by atoms with van der Waals surface area (Å²) in [7, 11) is -2.98. The lowest BCUT2D eigenvalue weighted by Gasteiger charge is -2.29. The fraction of sp³-hybridized carbons (Fsp3) is 0.429. The Morgan fingerprint density at radius 3 is 2.59 bits per heavy atom. The summed E-state index contributed by atoms with van der Waals surface area (Å²) >= 11 is 0. The van der Waals surface area contributed by atoms with Gasteiger partial charge < -0.3 is 10.1 Å². The predicted octanol–water partition coefficient (Wildman–Crippen LogP) is 4.31. The Bertz CT molecular complexity index is 1200.